The molecule has 1 fully saturated rings. The first-order valence-electron chi connectivity index (χ1n) is 6.76. The molecule has 1 aromatic rings. The fraction of sp³-hybridized carbons (Fsp3) is 0.692. The Morgan fingerprint density at radius 2 is 2.11 bits per heavy atom. The highest BCUT2D eigenvalue weighted by Gasteiger charge is 2.18. The first-order chi connectivity index (χ1) is 9.11. The Kier molecular flexibility index (Phi) is 4.96. The zero-order chi connectivity index (χ0) is 13.8. The molecule has 0 aromatic carbocycles. The van der Waals surface area contributed by atoms with Gasteiger partial charge in [0.1, 0.15) is 0 Å². The first-order valence-corrected chi connectivity index (χ1v) is 7.14. The Morgan fingerprint density at radius 3 is 2.68 bits per heavy atom. The van der Waals surface area contributed by atoms with Gasteiger partial charge in [-0.05, 0) is 6.42 Å². The predicted octanol–water partition coefficient (Wildman–Crippen LogP) is 0.653. The third-order valence-electron chi connectivity index (χ3n) is 3.48. The van der Waals surface area contributed by atoms with E-state index in [0.717, 1.165) is 44.0 Å². The number of nitrogens with zero attached hydrogens (tertiary/aromatic N) is 3. The van der Waals surface area contributed by atoms with Crippen LogP contribution in [-0.4, -0.2) is 53.2 Å². The lowest BCUT2D eigenvalue weighted by molar-refractivity contribution is -0.119. The van der Waals surface area contributed by atoms with Crippen LogP contribution < -0.4 is 5.32 Å². The lowest BCUT2D eigenvalue weighted by Crippen LogP contribution is -2.45. The average Bonchev–Trinajstić information content (AvgIpc) is 2.67. The molecule has 2 heterocycles. The van der Waals surface area contributed by atoms with Crippen molar-refractivity contribution in [2.45, 2.75) is 19.8 Å². The molecule has 19 heavy (non-hydrogen) atoms. The molecule has 1 saturated heterocycles. The van der Waals surface area contributed by atoms with E-state index in [-0.39, 0.29) is 5.78 Å². The summed E-state index contributed by atoms with van der Waals surface area (Å²) in [6.45, 7) is 6.31. The number of rotatable bonds is 5. The summed E-state index contributed by atoms with van der Waals surface area (Å²) in [5.74, 6) is 0.203. The lowest BCUT2D eigenvalue weighted by atomic mass is 10.2. The van der Waals surface area contributed by atoms with Crippen LogP contribution in [0.1, 0.15) is 18.3 Å². The van der Waals surface area contributed by atoms with Gasteiger partial charge in [0.2, 0.25) is 0 Å². The Labute approximate surface area is 118 Å². The number of carbonyl (C=O) groups is 1. The van der Waals surface area contributed by atoms with Crippen molar-refractivity contribution in [1.82, 2.24) is 20.0 Å². The standard InChI is InChI=1S/C13H21ClN4O/c1-3-11-13(14)12(17(2)16-11)8-10(19)9-18-6-4-15-5-7-18/h15H,3-9H2,1-2H3. The molecule has 106 valence electrons. The Bertz CT molecular complexity index is 452. The number of ketones is 1. The van der Waals surface area contributed by atoms with E-state index in [4.69, 9.17) is 11.6 Å². The highest BCUT2D eigenvalue weighted by Crippen LogP contribution is 2.21. The minimum atomic E-state index is 0.203. The average molecular weight is 285 g/mol. The highest BCUT2D eigenvalue weighted by molar-refractivity contribution is 6.32. The van der Waals surface area contributed by atoms with Gasteiger partial charge in [-0.1, -0.05) is 18.5 Å². The molecule has 0 saturated carbocycles. The molecular weight excluding hydrogens is 264 g/mol. The minimum absolute atomic E-state index is 0.203. The Morgan fingerprint density at radius 1 is 1.42 bits per heavy atom. The van der Waals surface area contributed by atoms with E-state index in [9.17, 15) is 4.79 Å². The van der Waals surface area contributed by atoms with E-state index >= 15 is 0 Å². The van der Waals surface area contributed by atoms with Crippen LogP contribution in [-0.2, 0) is 24.7 Å². The van der Waals surface area contributed by atoms with Crippen LogP contribution in [0.15, 0.2) is 0 Å². The third-order valence-corrected chi connectivity index (χ3v) is 3.91. The van der Waals surface area contributed by atoms with Gasteiger partial charge in [-0.2, -0.15) is 5.10 Å². The molecule has 0 aliphatic carbocycles. The van der Waals surface area contributed by atoms with Gasteiger partial charge in [0.15, 0.2) is 5.78 Å². The summed E-state index contributed by atoms with van der Waals surface area (Å²) in [7, 11) is 1.85. The first kappa shape index (κ1) is 14.5. The third kappa shape index (κ3) is 3.55. The second kappa shape index (κ2) is 6.50. The summed E-state index contributed by atoms with van der Waals surface area (Å²) in [6, 6.07) is 0. The van der Waals surface area contributed by atoms with E-state index in [1.807, 2.05) is 14.0 Å². The zero-order valence-electron chi connectivity index (χ0n) is 11.6. The molecule has 1 aliphatic heterocycles. The molecule has 5 nitrogen and oxygen atoms in total. The molecule has 1 aromatic heterocycles. The van der Waals surface area contributed by atoms with E-state index in [0.29, 0.717) is 18.0 Å². The van der Waals surface area contributed by atoms with E-state index in [1.54, 1.807) is 4.68 Å². The number of nitrogens with one attached hydrogen (secondary N) is 1. The maximum atomic E-state index is 12.1. The van der Waals surface area contributed by atoms with Gasteiger partial charge in [-0.25, -0.2) is 0 Å². The SMILES string of the molecule is CCc1nn(C)c(CC(=O)CN2CCNCC2)c1Cl. The van der Waals surface area contributed by atoms with Gasteiger partial charge in [0.05, 0.1) is 29.4 Å². The van der Waals surface area contributed by atoms with Crippen molar-refractivity contribution in [2.75, 3.05) is 32.7 Å². The number of aromatic nitrogens is 2. The summed E-state index contributed by atoms with van der Waals surface area (Å²) in [5, 5.41) is 8.27. The summed E-state index contributed by atoms with van der Waals surface area (Å²) >= 11 is 6.26. The van der Waals surface area contributed by atoms with Crippen LogP contribution in [0, 0.1) is 0 Å². The number of carbonyl (C=O) groups excluding carboxylic acids is 1. The minimum Gasteiger partial charge on any atom is -0.314 e. The maximum Gasteiger partial charge on any atom is 0.152 e. The number of piperazine rings is 1. The largest absolute Gasteiger partial charge is 0.314 e. The van der Waals surface area contributed by atoms with Crippen LogP contribution in [0.4, 0.5) is 0 Å². The Balaban J connectivity index is 1.96. The number of aryl methyl sites for hydroxylation is 2. The molecule has 0 amide bonds. The summed E-state index contributed by atoms with van der Waals surface area (Å²) < 4.78 is 1.73. The molecule has 0 spiro atoms. The topological polar surface area (TPSA) is 50.2 Å². The quantitative estimate of drug-likeness (QED) is 0.863. The van der Waals surface area contributed by atoms with Crippen molar-refractivity contribution in [2.24, 2.45) is 7.05 Å². The second-order valence-electron chi connectivity index (χ2n) is 4.93. The van der Waals surface area contributed by atoms with Crippen molar-refractivity contribution < 1.29 is 4.79 Å². The molecule has 0 atom stereocenters. The van der Waals surface area contributed by atoms with Crippen molar-refractivity contribution in [1.29, 1.82) is 0 Å². The molecule has 1 N–H and O–H groups in total. The summed E-state index contributed by atoms with van der Waals surface area (Å²) in [4.78, 5) is 14.3. The molecule has 6 heteroatoms. The zero-order valence-corrected chi connectivity index (χ0v) is 12.3. The molecule has 1 aliphatic rings. The van der Waals surface area contributed by atoms with Gasteiger partial charge in [0, 0.05) is 33.2 Å². The van der Waals surface area contributed by atoms with Crippen molar-refractivity contribution in [3.63, 3.8) is 0 Å². The van der Waals surface area contributed by atoms with Crippen LogP contribution in [0.5, 0.6) is 0 Å². The number of halogens is 1. The smallest absolute Gasteiger partial charge is 0.152 e. The second-order valence-corrected chi connectivity index (χ2v) is 5.30. The Hall–Kier alpha value is -0.910. The molecule has 0 unspecified atom stereocenters. The van der Waals surface area contributed by atoms with Gasteiger partial charge < -0.3 is 5.32 Å². The molecular formula is C13H21ClN4O. The van der Waals surface area contributed by atoms with Crippen molar-refractivity contribution >= 4 is 17.4 Å². The van der Waals surface area contributed by atoms with E-state index in [1.165, 1.54) is 0 Å². The monoisotopic (exact) mass is 284 g/mol. The van der Waals surface area contributed by atoms with Gasteiger partial charge in [0.25, 0.3) is 0 Å². The number of hydrogen-bond donors (Lipinski definition) is 1. The van der Waals surface area contributed by atoms with Crippen LogP contribution in [0.3, 0.4) is 0 Å². The fourth-order valence-electron chi connectivity index (χ4n) is 2.37. The fourth-order valence-corrected chi connectivity index (χ4v) is 2.73. The summed E-state index contributed by atoms with van der Waals surface area (Å²) in [5.41, 5.74) is 1.70. The lowest BCUT2D eigenvalue weighted by Gasteiger charge is -2.26. The maximum absolute atomic E-state index is 12.1. The normalized spacial score (nSPS) is 16.8. The number of hydrogen-bond acceptors (Lipinski definition) is 4. The van der Waals surface area contributed by atoms with Crippen LogP contribution in [0.2, 0.25) is 5.02 Å². The molecule has 0 bridgehead atoms. The number of Topliss-reactive ketones (excluding diaryl/α,β-unsaturated/α-hetero) is 1. The van der Waals surface area contributed by atoms with Crippen molar-refractivity contribution in [3.8, 4) is 0 Å². The van der Waals surface area contributed by atoms with Crippen molar-refractivity contribution in [3.05, 3.63) is 16.4 Å². The van der Waals surface area contributed by atoms with E-state index < -0.39 is 0 Å². The van der Waals surface area contributed by atoms with Gasteiger partial charge in [-0.3, -0.25) is 14.4 Å². The van der Waals surface area contributed by atoms with Crippen LogP contribution >= 0.6 is 11.6 Å². The predicted molar refractivity (Wildman–Crippen MR) is 75.6 cm³/mol. The molecule has 0 radical (unpaired) electrons. The van der Waals surface area contributed by atoms with E-state index in [2.05, 4.69) is 15.3 Å². The van der Waals surface area contributed by atoms with Crippen LogP contribution in [0.25, 0.3) is 0 Å². The molecule has 2 rings (SSSR count). The van der Waals surface area contributed by atoms with Gasteiger partial charge in [-0.15, -0.1) is 0 Å². The summed E-state index contributed by atoms with van der Waals surface area (Å²) in [6.07, 6.45) is 1.16. The van der Waals surface area contributed by atoms with Gasteiger partial charge >= 0.3 is 0 Å². The highest BCUT2D eigenvalue weighted by atomic mass is 35.5.